The topological polar surface area (TPSA) is 12.0 Å². The zero-order valence-corrected chi connectivity index (χ0v) is 8.50. The smallest absolute Gasteiger partial charge is 0.0414 e. The van der Waals surface area contributed by atoms with E-state index < -0.39 is 0 Å². The van der Waals surface area contributed by atoms with Gasteiger partial charge in [-0.25, -0.2) is 0 Å². The molecular formula is C10H15NS. The molecule has 0 aromatic carbocycles. The van der Waals surface area contributed by atoms with Gasteiger partial charge in [0.15, 0.2) is 0 Å². The Balaban J connectivity index is 2.44. The second-order valence-corrected chi connectivity index (χ2v) is 4.62. The third kappa shape index (κ3) is 1.10. The lowest BCUT2D eigenvalue weighted by molar-refractivity contribution is 0.339. The minimum atomic E-state index is 0.244. The fourth-order valence-electron chi connectivity index (χ4n) is 1.89. The average Bonchev–Trinajstić information content (AvgIpc) is 2.54. The van der Waals surface area contributed by atoms with Gasteiger partial charge in [-0.05, 0) is 36.8 Å². The van der Waals surface area contributed by atoms with E-state index in [1.54, 1.807) is 4.88 Å². The zero-order valence-electron chi connectivity index (χ0n) is 7.68. The Bertz CT molecular complexity index is 279. The van der Waals surface area contributed by atoms with E-state index in [1.807, 2.05) is 11.3 Å². The maximum atomic E-state index is 3.59. The summed E-state index contributed by atoms with van der Waals surface area (Å²) in [6.45, 7) is 5.69. The number of hydrogen-bond donors (Lipinski definition) is 1. The molecule has 0 radical (unpaired) electrons. The fraction of sp³-hybridized carbons (Fsp3) is 0.600. The molecule has 2 rings (SSSR count). The van der Waals surface area contributed by atoms with Crippen molar-refractivity contribution >= 4 is 11.3 Å². The molecule has 1 aromatic rings. The van der Waals surface area contributed by atoms with Gasteiger partial charge in [-0.2, -0.15) is 0 Å². The maximum Gasteiger partial charge on any atom is 0.0414 e. The molecule has 1 unspecified atom stereocenters. The first-order valence-corrected chi connectivity index (χ1v) is 5.46. The molecule has 0 amide bonds. The van der Waals surface area contributed by atoms with E-state index in [0.717, 1.165) is 6.54 Å². The highest BCUT2D eigenvalue weighted by atomic mass is 32.1. The second kappa shape index (κ2) is 2.86. The van der Waals surface area contributed by atoms with E-state index in [0.29, 0.717) is 0 Å². The Morgan fingerprint density at radius 1 is 1.67 bits per heavy atom. The molecule has 0 aliphatic carbocycles. The molecule has 1 aliphatic rings. The van der Waals surface area contributed by atoms with Crippen LogP contribution in [0.15, 0.2) is 11.4 Å². The van der Waals surface area contributed by atoms with Gasteiger partial charge in [-0.3, -0.25) is 0 Å². The lowest BCUT2D eigenvalue weighted by Gasteiger charge is -2.34. The SMILES string of the molecule is CCC1(C)NCCc2sccc21. The van der Waals surface area contributed by atoms with Gasteiger partial charge in [0.05, 0.1) is 0 Å². The quantitative estimate of drug-likeness (QED) is 0.702. The summed E-state index contributed by atoms with van der Waals surface area (Å²) in [5.74, 6) is 0. The van der Waals surface area contributed by atoms with Crippen molar-refractivity contribution in [2.75, 3.05) is 6.54 Å². The Morgan fingerprint density at radius 3 is 3.25 bits per heavy atom. The predicted molar refractivity (Wildman–Crippen MR) is 53.7 cm³/mol. The number of nitrogens with one attached hydrogen (secondary N) is 1. The highest BCUT2D eigenvalue weighted by molar-refractivity contribution is 7.10. The highest BCUT2D eigenvalue weighted by Crippen LogP contribution is 2.33. The lowest BCUT2D eigenvalue weighted by Crippen LogP contribution is -2.43. The molecule has 0 saturated heterocycles. The third-order valence-electron chi connectivity index (χ3n) is 2.91. The van der Waals surface area contributed by atoms with Crippen molar-refractivity contribution in [1.29, 1.82) is 0 Å². The molecule has 1 atom stereocenters. The second-order valence-electron chi connectivity index (χ2n) is 3.62. The van der Waals surface area contributed by atoms with E-state index in [9.17, 15) is 0 Å². The van der Waals surface area contributed by atoms with Crippen LogP contribution < -0.4 is 5.32 Å². The minimum Gasteiger partial charge on any atom is -0.307 e. The van der Waals surface area contributed by atoms with Gasteiger partial charge in [-0.1, -0.05) is 6.92 Å². The Hall–Kier alpha value is -0.340. The monoisotopic (exact) mass is 181 g/mol. The van der Waals surface area contributed by atoms with Crippen molar-refractivity contribution in [3.8, 4) is 0 Å². The first kappa shape index (κ1) is 8.27. The van der Waals surface area contributed by atoms with Gasteiger partial charge in [-0.15, -0.1) is 11.3 Å². The van der Waals surface area contributed by atoms with Crippen molar-refractivity contribution < 1.29 is 0 Å². The summed E-state index contributed by atoms with van der Waals surface area (Å²) in [5, 5.41) is 5.81. The molecule has 0 fully saturated rings. The molecule has 0 saturated carbocycles. The van der Waals surface area contributed by atoms with Gasteiger partial charge in [0.2, 0.25) is 0 Å². The van der Waals surface area contributed by atoms with Gasteiger partial charge in [0.1, 0.15) is 0 Å². The van der Waals surface area contributed by atoms with Crippen LogP contribution in [0.4, 0.5) is 0 Å². The summed E-state index contributed by atoms with van der Waals surface area (Å²) in [7, 11) is 0. The van der Waals surface area contributed by atoms with Gasteiger partial charge >= 0.3 is 0 Å². The largest absolute Gasteiger partial charge is 0.307 e. The molecule has 66 valence electrons. The molecule has 2 heterocycles. The van der Waals surface area contributed by atoms with E-state index in [-0.39, 0.29) is 5.54 Å². The van der Waals surface area contributed by atoms with Gasteiger partial charge < -0.3 is 5.32 Å². The number of thiophene rings is 1. The van der Waals surface area contributed by atoms with E-state index in [1.165, 1.54) is 18.4 Å². The van der Waals surface area contributed by atoms with Gasteiger partial charge in [0.25, 0.3) is 0 Å². The van der Waals surface area contributed by atoms with Crippen LogP contribution >= 0.6 is 11.3 Å². The molecule has 12 heavy (non-hydrogen) atoms. The van der Waals surface area contributed by atoms with Crippen LogP contribution in [-0.4, -0.2) is 6.54 Å². The van der Waals surface area contributed by atoms with Crippen LogP contribution in [0, 0.1) is 0 Å². The molecule has 2 heteroatoms. The summed E-state index contributed by atoms with van der Waals surface area (Å²) in [4.78, 5) is 1.58. The van der Waals surface area contributed by atoms with E-state index >= 15 is 0 Å². The summed E-state index contributed by atoms with van der Waals surface area (Å²) < 4.78 is 0. The summed E-state index contributed by atoms with van der Waals surface area (Å²) in [5.41, 5.74) is 1.77. The van der Waals surface area contributed by atoms with E-state index in [4.69, 9.17) is 0 Å². The van der Waals surface area contributed by atoms with Crippen LogP contribution in [0.25, 0.3) is 0 Å². The first-order chi connectivity index (χ1) is 5.76. The molecule has 1 aliphatic heterocycles. The zero-order chi connectivity index (χ0) is 8.60. The average molecular weight is 181 g/mol. The molecular weight excluding hydrogens is 166 g/mol. The van der Waals surface area contributed by atoms with Crippen LogP contribution in [0.5, 0.6) is 0 Å². The Labute approximate surface area is 77.8 Å². The number of fused-ring (bicyclic) bond motifs is 1. The lowest BCUT2D eigenvalue weighted by atomic mass is 9.86. The van der Waals surface area contributed by atoms with Crippen LogP contribution in [0.1, 0.15) is 30.7 Å². The van der Waals surface area contributed by atoms with Crippen molar-refractivity contribution in [3.63, 3.8) is 0 Å². The molecule has 0 spiro atoms. The summed E-state index contributed by atoms with van der Waals surface area (Å²) >= 11 is 1.90. The molecule has 0 bridgehead atoms. The van der Waals surface area contributed by atoms with Crippen LogP contribution in [-0.2, 0) is 12.0 Å². The van der Waals surface area contributed by atoms with E-state index in [2.05, 4.69) is 30.6 Å². The van der Waals surface area contributed by atoms with Crippen molar-refractivity contribution in [2.45, 2.75) is 32.2 Å². The van der Waals surface area contributed by atoms with Crippen LogP contribution in [0.3, 0.4) is 0 Å². The standard InChI is InChI=1S/C10H15NS/c1-3-10(2)8-5-7-12-9(8)4-6-11-10/h5,7,11H,3-4,6H2,1-2H3. The summed E-state index contributed by atoms with van der Waals surface area (Å²) in [6, 6.07) is 2.27. The Morgan fingerprint density at radius 2 is 2.50 bits per heavy atom. The molecule has 1 aromatic heterocycles. The predicted octanol–water partition coefficient (Wildman–Crippen LogP) is 2.52. The first-order valence-electron chi connectivity index (χ1n) is 4.58. The normalized spacial score (nSPS) is 28.5. The number of rotatable bonds is 1. The third-order valence-corrected chi connectivity index (χ3v) is 3.89. The summed E-state index contributed by atoms with van der Waals surface area (Å²) in [6.07, 6.45) is 2.39. The fourth-order valence-corrected chi connectivity index (χ4v) is 2.90. The number of hydrogen-bond acceptors (Lipinski definition) is 2. The highest BCUT2D eigenvalue weighted by Gasteiger charge is 2.30. The molecule has 1 nitrogen and oxygen atoms in total. The van der Waals surface area contributed by atoms with Gasteiger partial charge in [0, 0.05) is 17.0 Å². The molecule has 1 N–H and O–H groups in total. The Kier molecular flexibility index (Phi) is 1.97. The maximum absolute atomic E-state index is 3.59. The van der Waals surface area contributed by atoms with Crippen molar-refractivity contribution in [1.82, 2.24) is 5.32 Å². The van der Waals surface area contributed by atoms with Crippen molar-refractivity contribution in [3.05, 3.63) is 21.9 Å². The van der Waals surface area contributed by atoms with Crippen molar-refractivity contribution in [2.24, 2.45) is 0 Å². The van der Waals surface area contributed by atoms with Crippen LogP contribution in [0.2, 0.25) is 0 Å². The minimum absolute atomic E-state index is 0.244.